The molecule has 3 N–H and O–H groups in total. The van der Waals surface area contributed by atoms with Gasteiger partial charge in [-0.05, 0) is 38.2 Å². The Balaban J connectivity index is 1.90. The fourth-order valence-corrected chi connectivity index (χ4v) is 4.38. The van der Waals surface area contributed by atoms with Crippen LogP contribution < -0.4 is 21.9 Å². The number of anilines is 1. The highest BCUT2D eigenvalue weighted by Gasteiger charge is 2.31. The van der Waals surface area contributed by atoms with E-state index >= 15 is 0 Å². The van der Waals surface area contributed by atoms with E-state index in [0.29, 0.717) is 29.2 Å². The van der Waals surface area contributed by atoms with Gasteiger partial charge in [-0.3, -0.25) is 14.3 Å². The summed E-state index contributed by atoms with van der Waals surface area (Å²) in [4.78, 5) is 28.9. The Bertz CT molecular complexity index is 976. The van der Waals surface area contributed by atoms with Crippen LogP contribution in [0.3, 0.4) is 0 Å². The van der Waals surface area contributed by atoms with E-state index in [0.717, 1.165) is 32.2 Å². The molecular weight excluding hydrogens is 335 g/mol. The number of hydrogen-bond acceptors (Lipinski definition) is 4. The fraction of sp³-hybridized carbons (Fsp3) is 0.579. The van der Waals surface area contributed by atoms with Crippen LogP contribution in [0.1, 0.15) is 44.2 Å². The molecule has 2 heterocycles. The standard InChI is InChI=1S/C19H25FN4O2/c1-3-11-6-7-23(9-15(11)21)17-10(2)16-13(8-14(17)20)18(25)22-19(26)24(16)12-4-5-12/h8,11-12,15H,3-7,9,21H2,1-2H3,(H,22,25,26). The first kappa shape index (κ1) is 17.3. The summed E-state index contributed by atoms with van der Waals surface area (Å²) in [5, 5.41) is 0.239. The van der Waals surface area contributed by atoms with Crippen LogP contribution in [0.5, 0.6) is 0 Å². The molecule has 0 bridgehead atoms. The van der Waals surface area contributed by atoms with Crippen molar-refractivity contribution < 1.29 is 4.39 Å². The molecule has 1 saturated carbocycles. The van der Waals surface area contributed by atoms with Crippen molar-refractivity contribution in [2.24, 2.45) is 11.7 Å². The van der Waals surface area contributed by atoms with Gasteiger partial charge in [-0.15, -0.1) is 0 Å². The summed E-state index contributed by atoms with van der Waals surface area (Å²) in [6, 6.07) is 1.35. The molecule has 1 aromatic heterocycles. The molecule has 0 spiro atoms. The van der Waals surface area contributed by atoms with Gasteiger partial charge in [0, 0.05) is 30.7 Å². The lowest BCUT2D eigenvalue weighted by Gasteiger charge is -2.38. The zero-order valence-corrected chi connectivity index (χ0v) is 15.2. The molecule has 140 valence electrons. The number of fused-ring (bicyclic) bond motifs is 1. The molecule has 2 fully saturated rings. The van der Waals surface area contributed by atoms with E-state index < -0.39 is 17.1 Å². The number of hydrogen-bond donors (Lipinski definition) is 2. The van der Waals surface area contributed by atoms with Gasteiger partial charge in [0.15, 0.2) is 0 Å². The Hall–Kier alpha value is -2.15. The minimum absolute atomic E-state index is 0.00644. The Morgan fingerprint density at radius 2 is 2.04 bits per heavy atom. The lowest BCUT2D eigenvalue weighted by Crippen LogP contribution is -2.49. The number of halogens is 1. The van der Waals surface area contributed by atoms with Crippen LogP contribution >= 0.6 is 0 Å². The van der Waals surface area contributed by atoms with Gasteiger partial charge >= 0.3 is 5.69 Å². The smallest absolute Gasteiger partial charge is 0.329 e. The molecule has 4 rings (SSSR count). The number of benzene rings is 1. The first-order valence-corrected chi connectivity index (χ1v) is 9.40. The van der Waals surface area contributed by atoms with Crippen molar-refractivity contribution in [2.45, 2.75) is 51.6 Å². The number of aromatic nitrogens is 2. The highest BCUT2D eigenvalue weighted by molar-refractivity contribution is 5.87. The lowest BCUT2D eigenvalue weighted by atomic mass is 9.89. The lowest BCUT2D eigenvalue weighted by molar-refractivity contribution is 0.341. The average Bonchev–Trinajstić information content (AvgIpc) is 3.41. The van der Waals surface area contributed by atoms with Crippen LogP contribution in [0.4, 0.5) is 10.1 Å². The van der Waals surface area contributed by atoms with Gasteiger partial charge in [-0.25, -0.2) is 9.18 Å². The number of H-pyrrole nitrogens is 1. The van der Waals surface area contributed by atoms with Gasteiger partial charge in [0.05, 0.1) is 16.6 Å². The molecule has 1 aromatic carbocycles. The maximum absolute atomic E-state index is 15.0. The molecule has 2 unspecified atom stereocenters. The fourth-order valence-electron chi connectivity index (χ4n) is 4.38. The zero-order valence-electron chi connectivity index (χ0n) is 15.2. The molecule has 1 saturated heterocycles. The van der Waals surface area contributed by atoms with E-state index in [9.17, 15) is 14.0 Å². The molecule has 6 nitrogen and oxygen atoms in total. The summed E-state index contributed by atoms with van der Waals surface area (Å²) in [7, 11) is 0. The van der Waals surface area contributed by atoms with Gasteiger partial charge in [-0.1, -0.05) is 13.3 Å². The highest BCUT2D eigenvalue weighted by atomic mass is 19.1. The first-order valence-electron chi connectivity index (χ1n) is 9.40. The molecule has 1 aliphatic heterocycles. The molecule has 0 radical (unpaired) electrons. The van der Waals surface area contributed by atoms with Crippen molar-refractivity contribution in [3.8, 4) is 0 Å². The summed E-state index contributed by atoms with van der Waals surface area (Å²) in [5.74, 6) is 0.0196. The van der Waals surface area contributed by atoms with Crippen molar-refractivity contribution in [2.75, 3.05) is 18.0 Å². The third kappa shape index (κ3) is 2.65. The monoisotopic (exact) mass is 360 g/mol. The summed E-state index contributed by atoms with van der Waals surface area (Å²) < 4.78 is 16.6. The van der Waals surface area contributed by atoms with Crippen molar-refractivity contribution in [3.63, 3.8) is 0 Å². The molecule has 2 aromatic rings. The first-order chi connectivity index (χ1) is 12.4. The van der Waals surface area contributed by atoms with Crippen LogP contribution in [0.2, 0.25) is 0 Å². The maximum Gasteiger partial charge on any atom is 0.329 e. The van der Waals surface area contributed by atoms with E-state index in [1.54, 1.807) is 11.5 Å². The van der Waals surface area contributed by atoms with Crippen LogP contribution in [0.25, 0.3) is 10.9 Å². The quantitative estimate of drug-likeness (QED) is 0.877. The Morgan fingerprint density at radius 1 is 1.31 bits per heavy atom. The second kappa shape index (κ2) is 6.23. The normalized spacial score (nSPS) is 23.6. The van der Waals surface area contributed by atoms with Gasteiger partial charge in [0.2, 0.25) is 0 Å². The van der Waals surface area contributed by atoms with Gasteiger partial charge < -0.3 is 10.6 Å². The highest BCUT2D eigenvalue weighted by Crippen LogP contribution is 2.39. The number of rotatable bonds is 3. The van der Waals surface area contributed by atoms with E-state index in [-0.39, 0.29) is 17.5 Å². The van der Waals surface area contributed by atoms with Crippen LogP contribution in [-0.2, 0) is 0 Å². The number of aromatic amines is 1. The molecule has 7 heteroatoms. The van der Waals surface area contributed by atoms with E-state index in [1.165, 1.54) is 6.07 Å². The van der Waals surface area contributed by atoms with Crippen molar-refractivity contribution in [1.29, 1.82) is 0 Å². The number of nitrogens with two attached hydrogens (primary N) is 1. The van der Waals surface area contributed by atoms with Crippen LogP contribution in [-0.4, -0.2) is 28.7 Å². The van der Waals surface area contributed by atoms with Crippen molar-refractivity contribution in [1.82, 2.24) is 9.55 Å². The average molecular weight is 360 g/mol. The van der Waals surface area contributed by atoms with Gasteiger partial charge in [0.1, 0.15) is 5.82 Å². The molecule has 2 atom stereocenters. The second-order valence-electron chi connectivity index (χ2n) is 7.66. The number of aryl methyl sites for hydroxylation is 1. The predicted molar refractivity (Wildman–Crippen MR) is 100 cm³/mol. The number of nitrogens with one attached hydrogen (secondary N) is 1. The Labute approximate surface area is 150 Å². The van der Waals surface area contributed by atoms with Crippen molar-refractivity contribution >= 4 is 16.6 Å². The van der Waals surface area contributed by atoms with E-state index in [2.05, 4.69) is 11.9 Å². The van der Waals surface area contributed by atoms with Crippen LogP contribution in [0, 0.1) is 18.7 Å². The Kier molecular flexibility index (Phi) is 4.14. The minimum atomic E-state index is -0.531. The van der Waals surface area contributed by atoms with E-state index in [1.807, 2.05) is 4.90 Å². The molecule has 2 aliphatic rings. The minimum Gasteiger partial charge on any atom is -0.367 e. The summed E-state index contributed by atoms with van der Waals surface area (Å²) in [6.45, 7) is 5.24. The number of nitrogens with zero attached hydrogens (tertiary/aromatic N) is 2. The van der Waals surface area contributed by atoms with Crippen molar-refractivity contribution in [3.05, 3.63) is 38.3 Å². The van der Waals surface area contributed by atoms with Crippen LogP contribution in [0.15, 0.2) is 15.7 Å². The SMILES string of the molecule is CCC1CCN(c2c(F)cc3c(=O)[nH]c(=O)n(C4CC4)c3c2C)CC1N. The van der Waals surface area contributed by atoms with E-state index in [4.69, 9.17) is 5.73 Å². The third-order valence-electron chi connectivity index (χ3n) is 5.95. The summed E-state index contributed by atoms with van der Waals surface area (Å²) in [5.41, 5.74) is 7.03. The molecule has 26 heavy (non-hydrogen) atoms. The molecule has 0 amide bonds. The zero-order chi connectivity index (χ0) is 18.6. The summed E-state index contributed by atoms with van der Waals surface area (Å²) in [6.07, 6.45) is 3.74. The van der Waals surface area contributed by atoms with Gasteiger partial charge in [-0.2, -0.15) is 0 Å². The third-order valence-corrected chi connectivity index (χ3v) is 5.95. The maximum atomic E-state index is 15.0. The molecule has 1 aliphatic carbocycles. The predicted octanol–water partition coefficient (Wildman–Crippen LogP) is 2.04. The number of piperidine rings is 1. The Morgan fingerprint density at radius 3 is 2.65 bits per heavy atom. The largest absolute Gasteiger partial charge is 0.367 e. The summed E-state index contributed by atoms with van der Waals surface area (Å²) >= 11 is 0. The van der Waals surface area contributed by atoms with Gasteiger partial charge in [0.25, 0.3) is 5.56 Å². The second-order valence-corrected chi connectivity index (χ2v) is 7.66. The topological polar surface area (TPSA) is 84.1 Å². The molecular formula is C19H25FN4O2.